The van der Waals surface area contributed by atoms with Gasteiger partial charge < -0.3 is 14.6 Å². The van der Waals surface area contributed by atoms with Crippen molar-refractivity contribution in [1.29, 1.82) is 0 Å². The lowest BCUT2D eigenvalue weighted by molar-refractivity contribution is -0.127. The highest BCUT2D eigenvalue weighted by Gasteiger charge is 2.25. The van der Waals surface area contributed by atoms with Gasteiger partial charge in [0.2, 0.25) is 11.0 Å². The number of carbonyl (C=O) groups excluding carboxylic acids is 1. The summed E-state index contributed by atoms with van der Waals surface area (Å²) in [7, 11) is 0. The Bertz CT molecular complexity index is 1010. The van der Waals surface area contributed by atoms with Crippen LogP contribution in [0.5, 0.6) is 0 Å². The zero-order valence-corrected chi connectivity index (χ0v) is 17.1. The standard InChI is InChI=1S/C20H22N6O2S/c1-13-21-17(11-18(22-13)23-20-25-24-14(2)29-20)15-5-3-9-26(12-15)19(27)8-7-16-6-4-10-28-16/h4,6-8,10-11,15H,3,5,9,12H2,1-2H3,(H,21,22,23,25)/b8-7+/t15-/m0/s1. The number of hydrogen-bond acceptors (Lipinski definition) is 8. The molecule has 4 rings (SSSR count). The first-order valence-corrected chi connectivity index (χ1v) is 10.3. The predicted molar refractivity (Wildman–Crippen MR) is 111 cm³/mol. The van der Waals surface area contributed by atoms with Gasteiger partial charge in [0.15, 0.2) is 0 Å². The fraction of sp³-hybridized carbons (Fsp3) is 0.350. The second-order valence-electron chi connectivity index (χ2n) is 6.95. The van der Waals surface area contributed by atoms with Gasteiger partial charge in [0.25, 0.3) is 0 Å². The average Bonchev–Trinajstić information content (AvgIpc) is 3.37. The Morgan fingerprint density at radius 1 is 1.34 bits per heavy atom. The molecule has 1 fully saturated rings. The van der Waals surface area contributed by atoms with E-state index in [0.717, 1.165) is 30.1 Å². The highest BCUT2D eigenvalue weighted by molar-refractivity contribution is 7.15. The molecule has 29 heavy (non-hydrogen) atoms. The van der Waals surface area contributed by atoms with Crippen LogP contribution in [0.15, 0.2) is 35.0 Å². The molecule has 1 atom stereocenters. The second-order valence-corrected chi connectivity index (χ2v) is 8.13. The average molecular weight is 411 g/mol. The van der Waals surface area contributed by atoms with E-state index in [1.807, 2.05) is 30.9 Å². The molecule has 4 heterocycles. The Hall–Kier alpha value is -3.07. The molecule has 0 spiro atoms. The van der Waals surface area contributed by atoms with Crippen LogP contribution < -0.4 is 5.32 Å². The quantitative estimate of drug-likeness (QED) is 0.641. The normalized spacial score (nSPS) is 17.0. The molecule has 0 aromatic carbocycles. The molecular weight excluding hydrogens is 388 g/mol. The van der Waals surface area contributed by atoms with E-state index in [9.17, 15) is 4.79 Å². The largest absolute Gasteiger partial charge is 0.465 e. The van der Waals surface area contributed by atoms with Gasteiger partial charge >= 0.3 is 0 Å². The van der Waals surface area contributed by atoms with Crippen molar-refractivity contribution in [1.82, 2.24) is 25.1 Å². The zero-order chi connectivity index (χ0) is 20.2. The van der Waals surface area contributed by atoms with E-state index in [2.05, 4.69) is 25.5 Å². The summed E-state index contributed by atoms with van der Waals surface area (Å²) in [6.07, 6.45) is 6.78. The molecule has 0 aliphatic carbocycles. The number of nitrogens with one attached hydrogen (secondary N) is 1. The summed E-state index contributed by atoms with van der Waals surface area (Å²) in [6, 6.07) is 5.56. The van der Waals surface area contributed by atoms with Crippen LogP contribution in [0.4, 0.5) is 10.9 Å². The third-order valence-corrected chi connectivity index (χ3v) is 5.46. The second kappa shape index (κ2) is 8.52. The lowest BCUT2D eigenvalue weighted by Crippen LogP contribution is -2.38. The number of piperidine rings is 1. The summed E-state index contributed by atoms with van der Waals surface area (Å²) in [5.41, 5.74) is 0.939. The maximum Gasteiger partial charge on any atom is 0.246 e. The maximum absolute atomic E-state index is 12.6. The number of aryl methyl sites for hydroxylation is 2. The topological polar surface area (TPSA) is 97.0 Å². The molecule has 0 radical (unpaired) electrons. The van der Waals surface area contributed by atoms with Gasteiger partial charge in [-0.3, -0.25) is 4.79 Å². The van der Waals surface area contributed by atoms with Gasteiger partial charge in [0.05, 0.1) is 12.0 Å². The van der Waals surface area contributed by atoms with Gasteiger partial charge in [0, 0.05) is 31.1 Å². The van der Waals surface area contributed by atoms with Crippen molar-refractivity contribution in [2.24, 2.45) is 0 Å². The van der Waals surface area contributed by atoms with Crippen LogP contribution in [0.25, 0.3) is 6.08 Å². The Labute approximate surface area is 172 Å². The fourth-order valence-electron chi connectivity index (χ4n) is 3.38. The molecule has 0 bridgehead atoms. The summed E-state index contributed by atoms with van der Waals surface area (Å²) in [4.78, 5) is 23.5. The molecule has 3 aromatic rings. The Morgan fingerprint density at radius 3 is 3.00 bits per heavy atom. The minimum Gasteiger partial charge on any atom is -0.465 e. The van der Waals surface area contributed by atoms with Crippen LogP contribution in [0, 0.1) is 13.8 Å². The number of likely N-dealkylation sites (tertiary alicyclic amines) is 1. The lowest BCUT2D eigenvalue weighted by Gasteiger charge is -2.32. The Kier molecular flexibility index (Phi) is 5.66. The van der Waals surface area contributed by atoms with Crippen molar-refractivity contribution in [3.63, 3.8) is 0 Å². The van der Waals surface area contributed by atoms with Crippen LogP contribution in [-0.4, -0.2) is 44.1 Å². The SMILES string of the molecule is Cc1nc(Nc2nnc(C)s2)cc([C@H]2CCCN(C(=O)/C=C/c3ccco3)C2)n1. The minimum atomic E-state index is -0.0143. The predicted octanol–water partition coefficient (Wildman–Crippen LogP) is 3.70. The Balaban J connectivity index is 1.46. The van der Waals surface area contributed by atoms with Crippen molar-refractivity contribution in [3.05, 3.63) is 52.8 Å². The lowest BCUT2D eigenvalue weighted by atomic mass is 9.94. The first-order chi connectivity index (χ1) is 14.1. The number of anilines is 2. The molecule has 0 saturated carbocycles. The van der Waals surface area contributed by atoms with Gasteiger partial charge in [-0.25, -0.2) is 9.97 Å². The summed E-state index contributed by atoms with van der Waals surface area (Å²) >= 11 is 1.48. The van der Waals surface area contributed by atoms with Crippen LogP contribution in [0.2, 0.25) is 0 Å². The van der Waals surface area contributed by atoms with Crippen LogP contribution >= 0.6 is 11.3 Å². The number of aromatic nitrogens is 4. The number of amides is 1. The van der Waals surface area contributed by atoms with Gasteiger partial charge in [-0.05, 0) is 44.9 Å². The number of rotatable bonds is 5. The molecule has 1 amide bonds. The number of nitrogens with zero attached hydrogens (tertiary/aromatic N) is 5. The van der Waals surface area contributed by atoms with Crippen molar-refractivity contribution in [2.45, 2.75) is 32.6 Å². The molecule has 1 saturated heterocycles. The van der Waals surface area contributed by atoms with E-state index in [1.165, 1.54) is 11.3 Å². The first-order valence-electron chi connectivity index (χ1n) is 9.50. The number of carbonyl (C=O) groups is 1. The molecule has 8 nitrogen and oxygen atoms in total. The van der Waals surface area contributed by atoms with Crippen molar-refractivity contribution >= 4 is 34.3 Å². The maximum atomic E-state index is 12.6. The summed E-state index contributed by atoms with van der Waals surface area (Å²) in [5.74, 6) is 2.21. The van der Waals surface area contributed by atoms with Gasteiger partial charge in [-0.1, -0.05) is 11.3 Å². The van der Waals surface area contributed by atoms with Crippen LogP contribution in [0.3, 0.4) is 0 Å². The number of furan rings is 1. The van der Waals surface area contributed by atoms with Crippen molar-refractivity contribution in [3.8, 4) is 0 Å². The van der Waals surface area contributed by atoms with Crippen LogP contribution in [-0.2, 0) is 4.79 Å². The van der Waals surface area contributed by atoms with E-state index in [0.29, 0.717) is 29.1 Å². The fourth-order valence-corrected chi connectivity index (χ4v) is 3.98. The van der Waals surface area contributed by atoms with E-state index in [1.54, 1.807) is 24.5 Å². The van der Waals surface area contributed by atoms with E-state index >= 15 is 0 Å². The molecule has 1 aliphatic rings. The van der Waals surface area contributed by atoms with Crippen molar-refractivity contribution in [2.75, 3.05) is 18.4 Å². The van der Waals surface area contributed by atoms with Gasteiger partial charge in [-0.2, -0.15) is 0 Å². The Morgan fingerprint density at radius 2 is 2.24 bits per heavy atom. The number of hydrogen-bond donors (Lipinski definition) is 1. The minimum absolute atomic E-state index is 0.0143. The molecular formula is C20H22N6O2S. The van der Waals surface area contributed by atoms with E-state index < -0.39 is 0 Å². The molecule has 9 heteroatoms. The third-order valence-electron chi connectivity index (χ3n) is 4.70. The van der Waals surface area contributed by atoms with E-state index in [-0.39, 0.29) is 11.8 Å². The highest BCUT2D eigenvalue weighted by atomic mass is 32.1. The van der Waals surface area contributed by atoms with Gasteiger partial charge in [0.1, 0.15) is 22.4 Å². The molecule has 150 valence electrons. The molecule has 1 N–H and O–H groups in total. The highest BCUT2D eigenvalue weighted by Crippen LogP contribution is 2.28. The van der Waals surface area contributed by atoms with Gasteiger partial charge in [-0.15, -0.1) is 10.2 Å². The summed E-state index contributed by atoms with van der Waals surface area (Å²) in [5, 5.41) is 12.9. The first kappa shape index (κ1) is 19.3. The smallest absolute Gasteiger partial charge is 0.246 e. The van der Waals surface area contributed by atoms with E-state index in [4.69, 9.17) is 4.42 Å². The zero-order valence-electron chi connectivity index (χ0n) is 16.3. The monoisotopic (exact) mass is 410 g/mol. The molecule has 0 unspecified atom stereocenters. The van der Waals surface area contributed by atoms with Crippen molar-refractivity contribution < 1.29 is 9.21 Å². The summed E-state index contributed by atoms with van der Waals surface area (Å²) < 4.78 is 5.25. The molecule has 1 aliphatic heterocycles. The van der Waals surface area contributed by atoms with Crippen LogP contribution in [0.1, 0.15) is 41.0 Å². The third kappa shape index (κ3) is 4.86. The summed E-state index contributed by atoms with van der Waals surface area (Å²) in [6.45, 7) is 5.16. The molecule has 3 aromatic heterocycles.